The number of anilines is 1. The highest BCUT2D eigenvalue weighted by molar-refractivity contribution is 6.16. The second-order valence-corrected chi connectivity index (χ2v) is 7.75. The number of hydrogen-bond acceptors (Lipinski definition) is 5. The number of pyridine rings is 1. The van der Waals surface area contributed by atoms with Crippen molar-refractivity contribution in [2.24, 2.45) is 0 Å². The number of benzene rings is 2. The molecule has 0 saturated carbocycles. The van der Waals surface area contributed by atoms with Gasteiger partial charge in [0, 0.05) is 43.3 Å². The van der Waals surface area contributed by atoms with Crippen LogP contribution in [0.5, 0.6) is 5.75 Å². The zero-order valence-corrected chi connectivity index (χ0v) is 18.0. The van der Waals surface area contributed by atoms with E-state index in [0.717, 1.165) is 60.6 Å². The Hall–Kier alpha value is -2.92. The molecular formula is C25H29N3O2. The minimum Gasteiger partial charge on any atom is -0.494 e. The zero-order valence-electron chi connectivity index (χ0n) is 18.0. The van der Waals surface area contributed by atoms with E-state index in [4.69, 9.17) is 4.74 Å². The van der Waals surface area contributed by atoms with Gasteiger partial charge in [0.15, 0.2) is 5.78 Å². The highest BCUT2D eigenvalue weighted by Crippen LogP contribution is 2.34. The van der Waals surface area contributed by atoms with Gasteiger partial charge >= 0.3 is 0 Å². The van der Waals surface area contributed by atoms with E-state index in [0.29, 0.717) is 17.7 Å². The van der Waals surface area contributed by atoms with Crippen molar-refractivity contribution in [2.75, 3.05) is 44.2 Å². The molecule has 0 amide bonds. The normalized spacial score (nSPS) is 14.8. The van der Waals surface area contributed by atoms with Crippen molar-refractivity contribution in [3.05, 3.63) is 65.4 Å². The third kappa shape index (κ3) is 4.03. The summed E-state index contributed by atoms with van der Waals surface area (Å²) in [5.74, 6) is 0.819. The van der Waals surface area contributed by atoms with Gasteiger partial charge in [-0.15, -0.1) is 0 Å². The number of carbonyl (C=O) groups is 1. The lowest BCUT2D eigenvalue weighted by Crippen LogP contribution is -2.46. The van der Waals surface area contributed by atoms with Gasteiger partial charge in [0.25, 0.3) is 0 Å². The standard InChI is InChI=1S/C25H29N3O2/c1-4-27-12-14-28(15-13-27)24-21-16-20(30-5-2)10-11-23(21)26-17-22(24)25(29)19-8-6-18(3)7-9-19/h6-11,16-17H,4-5,12-15H2,1-3H3. The molecule has 30 heavy (non-hydrogen) atoms. The number of aromatic nitrogens is 1. The average molecular weight is 404 g/mol. The summed E-state index contributed by atoms with van der Waals surface area (Å²) in [6, 6.07) is 13.7. The number of piperazine rings is 1. The number of likely N-dealkylation sites (N-methyl/N-ethyl adjacent to an activating group) is 1. The van der Waals surface area contributed by atoms with Crippen LogP contribution in [0.4, 0.5) is 5.69 Å². The first-order valence-corrected chi connectivity index (χ1v) is 10.7. The minimum absolute atomic E-state index is 0.0131. The number of hydrogen-bond donors (Lipinski definition) is 0. The van der Waals surface area contributed by atoms with Crippen molar-refractivity contribution in [3.63, 3.8) is 0 Å². The Morgan fingerprint density at radius 3 is 2.43 bits per heavy atom. The molecule has 156 valence electrons. The summed E-state index contributed by atoms with van der Waals surface area (Å²) in [5.41, 5.74) is 4.34. The molecule has 1 saturated heterocycles. The fourth-order valence-electron chi connectivity index (χ4n) is 4.07. The maximum Gasteiger partial charge on any atom is 0.196 e. The second-order valence-electron chi connectivity index (χ2n) is 7.75. The van der Waals surface area contributed by atoms with Crippen LogP contribution in [-0.2, 0) is 0 Å². The Bertz CT molecular complexity index is 1040. The highest BCUT2D eigenvalue weighted by atomic mass is 16.5. The molecular weight excluding hydrogens is 374 g/mol. The molecule has 1 aliphatic heterocycles. The van der Waals surface area contributed by atoms with E-state index < -0.39 is 0 Å². The quantitative estimate of drug-likeness (QED) is 0.574. The molecule has 0 atom stereocenters. The molecule has 3 aromatic rings. The molecule has 4 rings (SSSR count). The topological polar surface area (TPSA) is 45.7 Å². The van der Waals surface area contributed by atoms with Gasteiger partial charge in [-0.3, -0.25) is 9.78 Å². The lowest BCUT2D eigenvalue weighted by Gasteiger charge is -2.36. The van der Waals surface area contributed by atoms with Gasteiger partial charge in [-0.05, 0) is 38.6 Å². The van der Waals surface area contributed by atoms with E-state index in [9.17, 15) is 4.79 Å². The van der Waals surface area contributed by atoms with Crippen LogP contribution in [0.2, 0.25) is 0 Å². The predicted molar refractivity (Wildman–Crippen MR) is 122 cm³/mol. The Morgan fingerprint density at radius 2 is 1.77 bits per heavy atom. The van der Waals surface area contributed by atoms with Crippen LogP contribution in [0, 0.1) is 6.92 Å². The van der Waals surface area contributed by atoms with Gasteiger partial charge in [0.1, 0.15) is 5.75 Å². The van der Waals surface area contributed by atoms with Crippen LogP contribution >= 0.6 is 0 Å². The van der Waals surface area contributed by atoms with Crippen molar-refractivity contribution >= 4 is 22.4 Å². The van der Waals surface area contributed by atoms with E-state index in [2.05, 4.69) is 21.7 Å². The number of carbonyl (C=O) groups excluding carboxylic acids is 1. The first-order chi connectivity index (χ1) is 14.6. The SMILES string of the molecule is CCOc1ccc2ncc(C(=O)c3ccc(C)cc3)c(N3CCN(CC)CC3)c2c1. The fourth-order valence-corrected chi connectivity index (χ4v) is 4.07. The molecule has 0 aliphatic carbocycles. The largest absolute Gasteiger partial charge is 0.494 e. The molecule has 5 nitrogen and oxygen atoms in total. The summed E-state index contributed by atoms with van der Waals surface area (Å²) >= 11 is 0. The summed E-state index contributed by atoms with van der Waals surface area (Å²) in [7, 11) is 0. The van der Waals surface area contributed by atoms with Crippen molar-refractivity contribution in [2.45, 2.75) is 20.8 Å². The summed E-state index contributed by atoms with van der Waals surface area (Å²) in [6.45, 7) is 11.6. The zero-order chi connectivity index (χ0) is 21.1. The number of ketones is 1. The maximum atomic E-state index is 13.5. The molecule has 1 aliphatic rings. The van der Waals surface area contributed by atoms with Crippen molar-refractivity contribution in [3.8, 4) is 5.75 Å². The smallest absolute Gasteiger partial charge is 0.196 e. The van der Waals surface area contributed by atoms with Gasteiger partial charge in [-0.2, -0.15) is 0 Å². The monoisotopic (exact) mass is 403 g/mol. The van der Waals surface area contributed by atoms with E-state index >= 15 is 0 Å². The Labute approximate surface area is 178 Å². The average Bonchev–Trinajstić information content (AvgIpc) is 2.78. The van der Waals surface area contributed by atoms with E-state index in [1.54, 1.807) is 6.20 Å². The Kier molecular flexibility index (Phi) is 6.00. The molecule has 0 N–H and O–H groups in total. The van der Waals surface area contributed by atoms with Crippen molar-refractivity contribution < 1.29 is 9.53 Å². The molecule has 0 unspecified atom stereocenters. The summed E-state index contributed by atoms with van der Waals surface area (Å²) < 4.78 is 5.75. The van der Waals surface area contributed by atoms with Crippen LogP contribution < -0.4 is 9.64 Å². The predicted octanol–water partition coefficient (Wildman–Crippen LogP) is 4.31. The van der Waals surface area contributed by atoms with Crippen molar-refractivity contribution in [1.29, 1.82) is 0 Å². The number of fused-ring (bicyclic) bond motifs is 1. The summed E-state index contributed by atoms with van der Waals surface area (Å²) in [6.07, 6.45) is 1.74. The minimum atomic E-state index is 0.0131. The molecule has 0 spiro atoms. The molecule has 2 heterocycles. The van der Waals surface area contributed by atoms with Crippen LogP contribution in [0.3, 0.4) is 0 Å². The molecule has 2 aromatic carbocycles. The Morgan fingerprint density at radius 1 is 1.03 bits per heavy atom. The van der Waals surface area contributed by atoms with Gasteiger partial charge < -0.3 is 14.5 Å². The maximum absolute atomic E-state index is 13.5. The fraction of sp³-hybridized carbons (Fsp3) is 0.360. The lowest BCUT2D eigenvalue weighted by molar-refractivity contribution is 0.103. The highest BCUT2D eigenvalue weighted by Gasteiger charge is 2.24. The number of rotatable bonds is 6. The van der Waals surface area contributed by atoms with E-state index in [-0.39, 0.29) is 5.78 Å². The molecule has 1 aromatic heterocycles. The summed E-state index contributed by atoms with van der Waals surface area (Å²) in [4.78, 5) is 22.9. The van der Waals surface area contributed by atoms with Gasteiger partial charge in [-0.1, -0.05) is 36.8 Å². The van der Waals surface area contributed by atoms with Crippen LogP contribution in [0.15, 0.2) is 48.7 Å². The van der Waals surface area contributed by atoms with Crippen LogP contribution in [0.25, 0.3) is 10.9 Å². The van der Waals surface area contributed by atoms with Crippen LogP contribution in [-0.4, -0.2) is 55.0 Å². The van der Waals surface area contributed by atoms with Gasteiger partial charge in [-0.25, -0.2) is 0 Å². The first-order valence-electron chi connectivity index (χ1n) is 10.7. The van der Waals surface area contributed by atoms with Gasteiger partial charge in [0.2, 0.25) is 0 Å². The molecule has 0 bridgehead atoms. The van der Waals surface area contributed by atoms with E-state index in [1.165, 1.54) is 0 Å². The second kappa shape index (κ2) is 8.84. The van der Waals surface area contributed by atoms with Gasteiger partial charge in [0.05, 0.1) is 23.4 Å². The molecule has 0 radical (unpaired) electrons. The molecule has 1 fully saturated rings. The first kappa shape index (κ1) is 20.4. The van der Waals surface area contributed by atoms with Crippen molar-refractivity contribution in [1.82, 2.24) is 9.88 Å². The van der Waals surface area contributed by atoms with E-state index in [1.807, 2.05) is 56.3 Å². The number of aryl methyl sites for hydroxylation is 1. The Balaban J connectivity index is 1.84. The lowest BCUT2D eigenvalue weighted by atomic mass is 9.98. The third-order valence-corrected chi connectivity index (χ3v) is 5.82. The third-order valence-electron chi connectivity index (χ3n) is 5.82. The summed E-state index contributed by atoms with van der Waals surface area (Å²) in [5, 5.41) is 0.976. The number of nitrogens with zero attached hydrogens (tertiary/aromatic N) is 3. The van der Waals surface area contributed by atoms with Crippen LogP contribution in [0.1, 0.15) is 35.3 Å². The molecule has 5 heteroatoms. The number of ether oxygens (including phenoxy) is 1.